The van der Waals surface area contributed by atoms with Gasteiger partial charge in [0.05, 0.1) is 12.4 Å². The molecule has 0 radical (unpaired) electrons. The molecule has 0 saturated heterocycles. The van der Waals surface area contributed by atoms with E-state index in [-0.39, 0.29) is 62.7 Å². The van der Waals surface area contributed by atoms with Gasteiger partial charge in [-0.15, -0.1) is 0 Å². The Morgan fingerprint density at radius 1 is 0.821 bits per heavy atom. The smallest absolute Gasteiger partial charge is 0.408 e. The lowest BCUT2D eigenvalue weighted by atomic mass is 9.67. The standard InChI is InChI=1S/C39H47N7O10/c40-35-42-31-30(32(47)43-35)41-23-46(31)24-56-29(19-27-15-7-9-17-38(27,33(48)49)44-36(52)54-21-25-11-3-1-4-12-25)20-28-16-8-10-18-39(28,34(50)51)45-37(53)55-22-26-13-5-2-6-14-26/h1-6,11-14,23,27-29H,7-10,15-22,24H2,(H,44,52)(H,45,53)(H,48,49)(H,50,51)(H3,40,42,43,47). The topological polar surface area (TPSA) is 250 Å². The van der Waals surface area contributed by atoms with Gasteiger partial charge in [0, 0.05) is 0 Å². The number of benzene rings is 2. The number of nitrogens with zero attached hydrogens (tertiary/aromatic N) is 3. The Labute approximate surface area is 321 Å². The van der Waals surface area contributed by atoms with Crippen molar-refractivity contribution in [3.63, 3.8) is 0 Å². The fourth-order valence-corrected chi connectivity index (χ4v) is 8.13. The van der Waals surface area contributed by atoms with Crippen LogP contribution in [0.25, 0.3) is 11.2 Å². The van der Waals surface area contributed by atoms with Crippen LogP contribution in [0.15, 0.2) is 71.8 Å². The third kappa shape index (κ3) is 9.10. The minimum absolute atomic E-state index is 0.0325. The molecule has 2 fully saturated rings. The summed E-state index contributed by atoms with van der Waals surface area (Å²) in [6.07, 6.45) is 2.54. The minimum Gasteiger partial charge on any atom is -0.479 e. The fraction of sp³-hybridized carbons (Fsp3) is 0.462. The average molecular weight is 774 g/mol. The second kappa shape index (κ2) is 17.7. The predicted molar refractivity (Wildman–Crippen MR) is 201 cm³/mol. The quantitative estimate of drug-likeness (QED) is 0.0959. The molecule has 2 amide bonds. The van der Waals surface area contributed by atoms with Crippen molar-refractivity contribution in [1.29, 1.82) is 0 Å². The van der Waals surface area contributed by atoms with Gasteiger partial charge >= 0.3 is 24.1 Å². The highest BCUT2D eigenvalue weighted by Gasteiger charge is 2.52. The van der Waals surface area contributed by atoms with Crippen molar-refractivity contribution in [2.45, 2.75) is 101 Å². The van der Waals surface area contributed by atoms with Crippen LogP contribution in [-0.4, -0.2) is 71.0 Å². The molecule has 6 rings (SSSR count). The first-order chi connectivity index (χ1) is 27.0. The number of carbonyl (C=O) groups excluding carboxylic acids is 2. The highest BCUT2D eigenvalue weighted by Crippen LogP contribution is 2.42. The summed E-state index contributed by atoms with van der Waals surface area (Å²) in [7, 11) is 0. The number of aromatic nitrogens is 4. The summed E-state index contributed by atoms with van der Waals surface area (Å²) in [5.41, 5.74) is 3.50. The van der Waals surface area contributed by atoms with E-state index in [1.54, 1.807) is 48.5 Å². The molecule has 4 aromatic rings. The van der Waals surface area contributed by atoms with Crippen molar-refractivity contribution in [2.75, 3.05) is 5.73 Å². The van der Waals surface area contributed by atoms with E-state index in [1.165, 1.54) is 10.9 Å². The molecule has 0 spiro atoms. The van der Waals surface area contributed by atoms with Gasteiger partial charge in [0.1, 0.15) is 31.0 Å². The number of anilines is 1. The summed E-state index contributed by atoms with van der Waals surface area (Å²) in [4.78, 5) is 76.0. The summed E-state index contributed by atoms with van der Waals surface area (Å²) >= 11 is 0. The van der Waals surface area contributed by atoms with Crippen molar-refractivity contribution in [3.05, 3.63) is 88.5 Å². The molecule has 298 valence electrons. The number of nitrogens with one attached hydrogen (secondary N) is 3. The fourth-order valence-electron chi connectivity index (χ4n) is 8.13. The number of carboxylic acids is 2. The number of amides is 2. The number of rotatable bonds is 15. The van der Waals surface area contributed by atoms with Crippen LogP contribution in [0.4, 0.5) is 15.5 Å². The third-order valence-corrected chi connectivity index (χ3v) is 11.0. The Morgan fingerprint density at radius 2 is 1.32 bits per heavy atom. The van der Waals surface area contributed by atoms with Crippen LogP contribution in [-0.2, 0) is 43.7 Å². The Bertz CT molecular complexity index is 1960. The highest BCUT2D eigenvalue weighted by molar-refractivity contribution is 5.85. The molecule has 2 saturated carbocycles. The van der Waals surface area contributed by atoms with Gasteiger partial charge in [-0.05, 0) is 61.5 Å². The predicted octanol–water partition coefficient (Wildman–Crippen LogP) is 4.70. The van der Waals surface area contributed by atoms with E-state index in [0.29, 0.717) is 38.5 Å². The Hall–Kier alpha value is -5.97. The summed E-state index contributed by atoms with van der Waals surface area (Å²) < 4.78 is 18.9. The molecule has 2 aliphatic carbocycles. The zero-order chi connectivity index (χ0) is 39.7. The zero-order valence-corrected chi connectivity index (χ0v) is 30.9. The molecule has 7 N–H and O–H groups in total. The van der Waals surface area contributed by atoms with E-state index >= 15 is 0 Å². The van der Waals surface area contributed by atoms with Crippen LogP contribution in [0.5, 0.6) is 0 Å². The molecule has 4 unspecified atom stereocenters. The molecule has 0 bridgehead atoms. The SMILES string of the molecule is Nc1nc2c(ncn2COC(CC2CCCCC2(NC(=O)OCc2ccccc2)C(=O)O)CC2CCCCC2(NC(=O)OCc2ccccc2)C(=O)O)c(=O)[nH]1. The van der Waals surface area contributed by atoms with Gasteiger partial charge in [-0.2, -0.15) is 4.98 Å². The molecule has 2 heterocycles. The van der Waals surface area contributed by atoms with Gasteiger partial charge in [-0.3, -0.25) is 14.3 Å². The molecule has 56 heavy (non-hydrogen) atoms. The molecular formula is C39H47N7O10. The minimum atomic E-state index is -1.71. The highest BCUT2D eigenvalue weighted by atomic mass is 16.6. The monoisotopic (exact) mass is 773 g/mol. The first-order valence-corrected chi connectivity index (χ1v) is 18.8. The number of H-pyrrole nitrogens is 1. The van der Waals surface area contributed by atoms with Crippen LogP contribution in [0, 0.1) is 11.8 Å². The van der Waals surface area contributed by atoms with Gasteiger partial charge in [0.2, 0.25) is 5.95 Å². The summed E-state index contributed by atoms with van der Waals surface area (Å²) in [6.45, 7) is -0.312. The first kappa shape index (κ1) is 39.7. The number of aromatic amines is 1. The van der Waals surface area contributed by atoms with E-state index in [0.717, 1.165) is 11.1 Å². The van der Waals surface area contributed by atoms with Gasteiger partial charge in [-0.25, -0.2) is 24.2 Å². The molecule has 17 nitrogen and oxygen atoms in total. The number of hydrogen-bond donors (Lipinski definition) is 6. The maximum atomic E-state index is 13.2. The summed E-state index contributed by atoms with van der Waals surface area (Å²) in [5.74, 6) is -3.90. The van der Waals surface area contributed by atoms with E-state index in [2.05, 4.69) is 25.6 Å². The lowest BCUT2D eigenvalue weighted by Gasteiger charge is -2.44. The third-order valence-electron chi connectivity index (χ3n) is 11.0. The van der Waals surface area contributed by atoms with Crippen molar-refractivity contribution in [3.8, 4) is 0 Å². The van der Waals surface area contributed by atoms with Crippen LogP contribution >= 0.6 is 0 Å². The lowest BCUT2D eigenvalue weighted by molar-refractivity contribution is -0.151. The van der Waals surface area contributed by atoms with E-state index in [4.69, 9.17) is 19.9 Å². The number of hydrogen-bond acceptors (Lipinski definition) is 11. The Balaban J connectivity index is 1.27. The Morgan fingerprint density at radius 3 is 1.80 bits per heavy atom. The lowest BCUT2D eigenvalue weighted by Crippen LogP contribution is -2.62. The van der Waals surface area contributed by atoms with E-state index in [1.807, 2.05) is 12.1 Å². The average Bonchev–Trinajstić information content (AvgIpc) is 3.60. The number of nitrogen functional groups attached to an aromatic ring is 1. The first-order valence-electron chi connectivity index (χ1n) is 18.8. The van der Waals surface area contributed by atoms with Crippen molar-refractivity contribution >= 4 is 41.2 Å². The van der Waals surface area contributed by atoms with Crippen LogP contribution in [0.1, 0.15) is 75.3 Å². The molecular weight excluding hydrogens is 726 g/mol. The number of imidazole rings is 1. The number of ether oxygens (including phenoxy) is 3. The molecule has 2 aromatic heterocycles. The second-order valence-electron chi connectivity index (χ2n) is 14.5. The summed E-state index contributed by atoms with van der Waals surface area (Å²) in [5, 5.41) is 26.9. The van der Waals surface area contributed by atoms with Crippen LogP contribution < -0.4 is 21.9 Å². The van der Waals surface area contributed by atoms with Gasteiger partial charge in [0.15, 0.2) is 11.2 Å². The van der Waals surface area contributed by atoms with Gasteiger partial charge < -0.3 is 40.8 Å². The van der Waals surface area contributed by atoms with Crippen molar-refractivity contribution in [2.24, 2.45) is 11.8 Å². The largest absolute Gasteiger partial charge is 0.479 e. The van der Waals surface area contributed by atoms with E-state index in [9.17, 15) is 34.2 Å². The van der Waals surface area contributed by atoms with Gasteiger partial charge in [-0.1, -0.05) is 86.3 Å². The maximum absolute atomic E-state index is 13.2. The van der Waals surface area contributed by atoms with Gasteiger partial charge in [0.25, 0.3) is 5.56 Å². The van der Waals surface area contributed by atoms with Crippen molar-refractivity contribution in [1.82, 2.24) is 30.2 Å². The van der Waals surface area contributed by atoms with Crippen LogP contribution in [0.2, 0.25) is 0 Å². The van der Waals surface area contributed by atoms with Crippen molar-refractivity contribution < 1.29 is 43.6 Å². The molecule has 4 atom stereocenters. The van der Waals surface area contributed by atoms with E-state index < -0.39 is 58.7 Å². The van der Waals surface area contributed by atoms with Crippen LogP contribution in [0.3, 0.4) is 0 Å². The number of carboxylic acid groups (broad SMARTS) is 2. The number of aliphatic carboxylic acids is 2. The number of fused-ring (bicyclic) bond motifs is 1. The summed E-state index contributed by atoms with van der Waals surface area (Å²) in [6, 6.07) is 18.0. The normalized spacial score (nSPS) is 22.8. The molecule has 2 aliphatic rings. The number of alkyl carbamates (subject to hydrolysis) is 2. The molecule has 0 aliphatic heterocycles. The zero-order valence-electron chi connectivity index (χ0n) is 30.9. The number of carbonyl (C=O) groups is 4. The molecule has 17 heteroatoms. The Kier molecular flexibility index (Phi) is 12.5. The molecule has 2 aromatic carbocycles. The maximum Gasteiger partial charge on any atom is 0.408 e. The second-order valence-corrected chi connectivity index (χ2v) is 14.5. The number of nitrogens with two attached hydrogens (primary N) is 1.